The van der Waals surface area contributed by atoms with E-state index in [1.807, 2.05) is 24.3 Å². The highest BCUT2D eigenvalue weighted by Crippen LogP contribution is 2.20. The van der Waals surface area contributed by atoms with Crippen LogP contribution in [0, 0.1) is 0 Å². The average Bonchev–Trinajstić information content (AvgIpc) is 2.99. The molecule has 0 spiro atoms. The van der Waals surface area contributed by atoms with E-state index in [1.54, 1.807) is 0 Å². The minimum absolute atomic E-state index is 0.685. The third kappa shape index (κ3) is 3.55. The van der Waals surface area contributed by atoms with Gasteiger partial charge in [0.05, 0.1) is 17.6 Å². The average molecular weight is 294 g/mol. The molecule has 0 fully saturated rings. The van der Waals surface area contributed by atoms with Crippen LogP contribution in [0.2, 0.25) is 0 Å². The number of rotatable bonds is 7. The van der Waals surface area contributed by atoms with E-state index in [2.05, 4.69) is 41.2 Å². The normalized spacial score (nSPS) is 11.1. The second-order valence-electron chi connectivity index (χ2n) is 5.56. The summed E-state index contributed by atoms with van der Waals surface area (Å²) in [5.41, 5.74) is 4.38. The van der Waals surface area contributed by atoms with Crippen LogP contribution < -0.4 is 0 Å². The molecule has 2 aromatic carbocycles. The van der Waals surface area contributed by atoms with Crippen LogP contribution >= 0.6 is 0 Å². The minimum Gasteiger partial charge on any atom is -0.377 e. The van der Waals surface area contributed by atoms with Gasteiger partial charge in [-0.25, -0.2) is 4.98 Å². The summed E-state index contributed by atoms with van der Waals surface area (Å²) in [5, 5.41) is 0. The summed E-state index contributed by atoms with van der Waals surface area (Å²) in [6, 6.07) is 16.5. The van der Waals surface area contributed by atoms with E-state index >= 15 is 0 Å². The Hall–Kier alpha value is -2.13. The molecule has 1 heterocycles. The summed E-state index contributed by atoms with van der Waals surface area (Å²) in [5.74, 6) is 0.914. The van der Waals surface area contributed by atoms with E-state index in [9.17, 15) is 0 Å². The van der Waals surface area contributed by atoms with Gasteiger partial charge >= 0.3 is 0 Å². The first-order valence-electron chi connectivity index (χ1n) is 7.98. The highest BCUT2D eigenvalue weighted by atomic mass is 16.5. The van der Waals surface area contributed by atoms with Crippen LogP contribution in [0.5, 0.6) is 0 Å². The lowest BCUT2D eigenvalue weighted by Gasteiger charge is -2.04. The van der Waals surface area contributed by atoms with Crippen molar-refractivity contribution in [1.29, 1.82) is 0 Å². The SMILES string of the molecule is CCCCCOCc1ccc(-c2nc3ccccc3[nH]2)cc1. The van der Waals surface area contributed by atoms with Crippen LogP contribution in [-0.2, 0) is 11.3 Å². The molecular weight excluding hydrogens is 272 g/mol. The molecular formula is C19H22N2O. The number of aromatic amines is 1. The second kappa shape index (κ2) is 7.23. The van der Waals surface area contributed by atoms with Crippen molar-refractivity contribution in [2.75, 3.05) is 6.61 Å². The fraction of sp³-hybridized carbons (Fsp3) is 0.316. The molecule has 22 heavy (non-hydrogen) atoms. The lowest BCUT2D eigenvalue weighted by molar-refractivity contribution is 0.117. The highest BCUT2D eigenvalue weighted by molar-refractivity contribution is 5.79. The Labute approximate surface area is 131 Å². The van der Waals surface area contributed by atoms with Gasteiger partial charge in [0, 0.05) is 12.2 Å². The monoisotopic (exact) mass is 294 g/mol. The molecule has 3 rings (SSSR count). The zero-order chi connectivity index (χ0) is 15.2. The summed E-state index contributed by atoms with van der Waals surface area (Å²) >= 11 is 0. The number of unbranched alkanes of at least 4 members (excludes halogenated alkanes) is 2. The molecule has 3 heteroatoms. The van der Waals surface area contributed by atoms with Crippen LogP contribution in [0.25, 0.3) is 22.4 Å². The third-order valence-electron chi connectivity index (χ3n) is 3.78. The van der Waals surface area contributed by atoms with E-state index in [0.717, 1.165) is 35.4 Å². The van der Waals surface area contributed by atoms with Gasteiger partial charge in [-0.15, -0.1) is 0 Å². The maximum atomic E-state index is 5.69. The molecule has 0 atom stereocenters. The summed E-state index contributed by atoms with van der Waals surface area (Å²) in [6.45, 7) is 3.74. The molecule has 0 amide bonds. The molecule has 1 aromatic heterocycles. The van der Waals surface area contributed by atoms with E-state index in [0.29, 0.717) is 6.61 Å². The predicted molar refractivity (Wildman–Crippen MR) is 90.7 cm³/mol. The van der Waals surface area contributed by atoms with Crippen molar-refractivity contribution in [1.82, 2.24) is 9.97 Å². The predicted octanol–water partition coefficient (Wildman–Crippen LogP) is 4.94. The molecule has 0 aliphatic rings. The van der Waals surface area contributed by atoms with Gasteiger partial charge in [0.25, 0.3) is 0 Å². The Bertz CT molecular complexity index is 683. The van der Waals surface area contributed by atoms with E-state index < -0.39 is 0 Å². The molecule has 0 unspecified atom stereocenters. The van der Waals surface area contributed by atoms with Crippen molar-refractivity contribution in [2.24, 2.45) is 0 Å². The van der Waals surface area contributed by atoms with E-state index in [1.165, 1.54) is 18.4 Å². The number of para-hydroxylation sites is 2. The molecule has 3 nitrogen and oxygen atoms in total. The number of fused-ring (bicyclic) bond motifs is 1. The zero-order valence-electron chi connectivity index (χ0n) is 13.0. The summed E-state index contributed by atoms with van der Waals surface area (Å²) in [4.78, 5) is 7.98. The number of ether oxygens (including phenoxy) is 1. The van der Waals surface area contributed by atoms with Crippen LogP contribution in [-0.4, -0.2) is 16.6 Å². The maximum absolute atomic E-state index is 5.69. The van der Waals surface area contributed by atoms with Crippen LogP contribution in [0.1, 0.15) is 31.7 Å². The fourth-order valence-corrected chi connectivity index (χ4v) is 2.49. The van der Waals surface area contributed by atoms with Gasteiger partial charge in [0.1, 0.15) is 5.82 Å². The highest BCUT2D eigenvalue weighted by Gasteiger charge is 2.04. The Morgan fingerprint density at radius 2 is 1.82 bits per heavy atom. The number of hydrogen-bond donors (Lipinski definition) is 1. The molecule has 0 aliphatic carbocycles. The third-order valence-corrected chi connectivity index (χ3v) is 3.78. The van der Waals surface area contributed by atoms with Gasteiger partial charge in [-0.3, -0.25) is 0 Å². The van der Waals surface area contributed by atoms with Gasteiger partial charge in [-0.1, -0.05) is 56.2 Å². The number of H-pyrrole nitrogens is 1. The summed E-state index contributed by atoms with van der Waals surface area (Å²) in [7, 11) is 0. The first-order valence-corrected chi connectivity index (χ1v) is 7.98. The van der Waals surface area contributed by atoms with Gasteiger partial charge in [0.15, 0.2) is 0 Å². The van der Waals surface area contributed by atoms with Gasteiger partial charge in [0.2, 0.25) is 0 Å². The molecule has 0 saturated heterocycles. The fourth-order valence-electron chi connectivity index (χ4n) is 2.49. The van der Waals surface area contributed by atoms with Gasteiger partial charge in [-0.2, -0.15) is 0 Å². The number of imidazole rings is 1. The van der Waals surface area contributed by atoms with Crippen molar-refractivity contribution in [3.8, 4) is 11.4 Å². The lowest BCUT2D eigenvalue weighted by Crippen LogP contribution is -1.95. The Kier molecular flexibility index (Phi) is 4.86. The standard InChI is InChI=1S/C19H22N2O/c1-2-3-6-13-22-14-15-9-11-16(12-10-15)19-20-17-7-4-5-8-18(17)21-19/h4-5,7-12H,2-3,6,13-14H2,1H3,(H,20,21). The van der Waals surface area contributed by atoms with E-state index in [-0.39, 0.29) is 0 Å². The van der Waals surface area contributed by atoms with Crippen LogP contribution in [0.4, 0.5) is 0 Å². The molecule has 0 bridgehead atoms. The number of hydrogen-bond acceptors (Lipinski definition) is 2. The number of nitrogens with zero attached hydrogens (tertiary/aromatic N) is 1. The van der Waals surface area contributed by atoms with Crippen LogP contribution in [0.15, 0.2) is 48.5 Å². The molecule has 3 aromatic rings. The van der Waals surface area contributed by atoms with Crippen LogP contribution in [0.3, 0.4) is 0 Å². The van der Waals surface area contributed by atoms with Crippen molar-refractivity contribution >= 4 is 11.0 Å². The smallest absolute Gasteiger partial charge is 0.138 e. The largest absolute Gasteiger partial charge is 0.377 e. The lowest BCUT2D eigenvalue weighted by atomic mass is 10.1. The second-order valence-corrected chi connectivity index (χ2v) is 5.56. The number of nitrogens with one attached hydrogen (secondary N) is 1. The van der Waals surface area contributed by atoms with Crippen molar-refractivity contribution in [3.05, 3.63) is 54.1 Å². The quantitative estimate of drug-likeness (QED) is 0.627. The molecule has 114 valence electrons. The summed E-state index contributed by atoms with van der Waals surface area (Å²) < 4.78 is 5.69. The van der Waals surface area contributed by atoms with Crippen molar-refractivity contribution in [3.63, 3.8) is 0 Å². The maximum Gasteiger partial charge on any atom is 0.138 e. The summed E-state index contributed by atoms with van der Waals surface area (Å²) in [6.07, 6.45) is 3.62. The Morgan fingerprint density at radius 3 is 2.59 bits per heavy atom. The molecule has 0 radical (unpaired) electrons. The van der Waals surface area contributed by atoms with Gasteiger partial charge < -0.3 is 9.72 Å². The first kappa shape index (κ1) is 14.8. The molecule has 1 N–H and O–H groups in total. The van der Waals surface area contributed by atoms with Crippen molar-refractivity contribution in [2.45, 2.75) is 32.8 Å². The number of benzene rings is 2. The number of aromatic nitrogens is 2. The Morgan fingerprint density at radius 1 is 1.00 bits per heavy atom. The molecule has 0 aliphatic heterocycles. The van der Waals surface area contributed by atoms with Crippen molar-refractivity contribution < 1.29 is 4.74 Å². The zero-order valence-corrected chi connectivity index (χ0v) is 13.0. The van der Waals surface area contributed by atoms with Gasteiger partial charge in [-0.05, 0) is 24.1 Å². The minimum atomic E-state index is 0.685. The topological polar surface area (TPSA) is 37.9 Å². The first-order chi connectivity index (χ1) is 10.9. The Balaban J connectivity index is 1.63. The molecule has 0 saturated carbocycles. The van der Waals surface area contributed by atoms with E-state index in [4.69, 9.17) is 4.74 Å².